The maximum Gasteiger partial charge on any atom is 0.247 e. The monoisotopic (exact) mass is 495 g/mol. The summed E-state index contributed by atoms with van der Waals surface area (Å²) in [6.45, 7) is 3.59. The van der Waals surface area contributed by atoms with E-state index in [9.17, 15) is 18.0 Å². The van der Waals surface area contributed by atoms with Gasteiger partial charge in [-0.3, -0.25) is 9.59 Å². The number of amides is 2. The standard InChI is InChI=1S/C26H29N3O5S/c1-20-10-12-21(13-11-20)17-27-25(31)26(2)19-28(35(32,33)23-8-4-3-5-9-23)18-24(30)29(26)15-14-22-7-6-16-34-22/h3-13,16H,14-15,17-19H2,1-2H3,(H,27,31)/t26-/m1/s1. The molecule has 0 bridgehead atoms. The first kappa shape index (κ1) is 24.7. The minimum Gasteiger partial charge on any atom is -0.469 e. The van der Waals surface area contributed by atoms with Crippen molar-refractivity contribution in [2.24, 2.45) is 0 Å². The number of hydrogen-bond donors (Lipinski definition) is 1. The number of rotatable bonds is 8. The third kappa shape index (κ3) is 5.31. The van der Waals surface area contributed by atoms with E-state index in [1.165, 1.54) is 17.0 Å². The Kier molecular flexibility index (Phi) is 7.09. The van der Waals surface area contributed by atoms with Crippen LogP contribution in [0.5, 0.6) is 0 Å². The quantitative estimate of drug-likeness (QED) is 0.518. The fourth-order valence-corrected chi connectivity index (χ4v) is 5.73. The van der Waals surface area contributed by atoms with Crippen LogP contribution in [0.1, 0.15) is 23.8 Å². The molecule has 184 valence electrons. The van der Waals surface area contributed by atoms with E-state index in [4.69, 9.17) is 4.42 Å². The first-order valence-corrected chi connectivity index (χ1v) is 12.9. The third-order valence-corrected chi connectivity index (χ3v) is 8.10. The van der Waals surface area contributed by atoms with Gasteiger partial charge in [0.05, 0.1) is 17.7 Å². The Bertz CT molecular complexity index is 1270. The van der Waals surface area contributed by atoms with Crippen LogP contribution in [0.4, 0.5) is 0 Å². The number of carbonyl (C=O) groups is 2. The number of hydrogen-bond acceptors (Lipinski definition) is 5. The Morgan fingerprint density at radius 3 is 2.43 bits per heavy atom. The zero-order chi connectivity index (χ0) is 25.1. The van der Waals surface area contributed by atoms with Crippen molar-refractivity contribution in [3.8, 4) is 0 Å². The molecule has 0 aliphatic carbocycles. The van der Waals surface area contributed by atoms with Crippen molar-refractivity contribution in [2.75, 3.05) is 19.6 Å². The molecule has 0 spiro atoms. The van der Waals surface area contributed by atoms with Gasteiger partial charge in [0, 0.05) is 26.1 Å². The number of nitrogens with zero attached hydrogens (tertiary/aromatic N) is 2. The molecule has 0 radical (unpaired) electrons. The molecule has 1 N–H and O–H groups in total. The first-order valence-electron chi connectivity index (χ1n) is 11.4. The van der Waals surface area contributed by atoms with E-state index < -0.39 is 27.4 Å². The molecule has 1 aliphatic rings. The fourth-order valence-electron chi connectivity index (χ4n) is 4.23. The molecule has 1 atom stereocenters. The highest BCUT2D eigenvalue weighted by atomic mass is 32.2. The van der Waals surface area contributed by atoms with Crippen LogP contribution >= 0.6 is 0 Å². The smallest absolute Gasteiger partial charge is 0.247 e. The number of carbonyl (C=O) groups excluding carboxylic acids is 2. The highest BCUT2D eigenvalue weighted by Gasteiger charge is 2.50. The van der Waals surface area contributed by atoms with Gasteiger partial charge in [-0.15, -0.1) is 0 Å². The summed E-state index contributed by atoms with van der Waals surface area (Å²) >= 11 is 0. The summed E-state index contributed by atoms with van der Waals surface area (Å²) in [6.07, 6.45) is 1.96. The highest BCUT2D eigenvalue weighted by Crippen LogP contribution is 2.28. The average molecular weight is 496 g/mol. The molecule has 2 aromatic carbocycles. The Hall–Kier alpha value is -3.43. The second-order valence-electron chi connectivity index (χ2n) is 8.90. The molecule has 3 aromatic rings. The van der Waals surface area contributed by atoms with Gasteiger partial charge in [-0.05, 0) is 43.7 Å². The molecule has 1 fully saturated rings. The Labute approximate surface area is 205 Å². The lowest BCUT2D eigenvalue weighted by atomic mass is 9.95. The normalized spacial score (nSPS) is 19.0. The summed E-state index contributed by atoms with van der Waals surface area (Å²) in [4.78, 5) is 28.4. The molecule has 0 saturated carbocycles. The molecule has 8 nitrogen and oxygen atoms in total. The minimum atomic E-state index is -3.97. The van der Waals surface area contributed by atoms with Gasteiger partial charge in [-0.25, -0.2) is 8.42 Å². The van der Waals surface area contributed by atoms with Crippen molar-refractivity contribution in [3.63, 3.8) is 0 Å². The van der Waals surface area contributed by atoms with Crippen LogP contribution in [0.25, 0.3) is 0 Å². The molecule has 1 aromatic heterocycles. The van der Waals surface area contributed by atoms with Crippen LogP contribution in [-0.2, 0) is 32.6 Å². The Morgan fingerprint density at radius 1 is 1.06 bits per heavy atom. The van der Waals surface area contributed by atoms with Gasteiger partial charge in [0.2, 0.25) is 21.8 Å². The molecule has 1 aliphatic heterocycles. The molecule has 9 heteroatoms. The van der Waals surface area contributed by atoms with Crippen LogP contribution < -0.4 is 5.32 Å². The van der Waals surface area contributed by atoms with E-state index in [1.54, 1.807) is 43.5 Å². The second kappa shape index (κ2) is 10.1. The minimum absolute atomic E-state index is 0.0826. The van der Waals surface area contributed by atoms with Gasteiger partial charge in [0.15, 0.2) is 0 Å². The van der Waals surface area contributed by atoms with Gasteiger partial charge in [-0.2, -0.15) is 4.31 Å². The van der Waals surface area contributed by atoms with E-state index in [1.807, 2.05) is 31.2 Å². The summed E-state index contributed by atoms with van der Waals surface area (Å²) in [6, 6.07) is 19.3. The second-order valence-corrected chi connectivity index (χ2v) is 10.8. The maximum absolute atomic E-state index is 13.5. The topological polar surface area (TPSA) is 99.9 Å². The number of piperazine rings is 1. The van der Waals surface area contributed by atoms with Gasteiger partial charge in [-0.1, -0.05) is 48.0 Å². The zero-order valence-corrected chi connectivity index (χ0v) is 20.6. The number of benzene rings is 2. The number of furan rings is 1. The third-order valence-electron chi connectivity index (χ3n) is 6.30. The lowest BCUT2D eigenvalue weighted by Crippen LogP contribution is -2.69. The van der Waals surface area contributed by atoms with Crippen molar-refractivity contribution in [1.82, 2.24) is 14.5 Å². The van der Waals surface area contributed by atoms with Crippen molar-refractivity contribution < 1.29 is 22.4 Å². The molecular weight excluding hydrogens is 466 g/mol. The van der Waals surface area contributed by atoms with Crippen LogP contribution in [0.3, 0.4) is 0 Å². The Balaban J connectivity index is 1.60. The van der Waals surface area contributed by atoms with Crippen LogP contribution in [-0.4, -0.2) is 54.6 Å². The van der Waals surface area contributed by atoms with E-state index >= 15 is 0 Å². The molecular formula is C26H29N3O5S. The largest absolute Gasteiger partial charge is 0.469 e. The number of aryl methyl sites for hydroxylation is 1. The summed E-state index contributed by atoms with van der Waals surface area (Å²) < 4.78 is 33.1. The summed E-state index contributed by atoms with van der Waals surface area (Å²) in [5, 5.41) is 2.91. The van der Waals surface area contributed by atoms with Gasteiger partial charge < -0.3 is 14.6 Å². The lowest BCUT2D eigenvalue weighted by Gasteiger charge is -2.46. The average Bonchev–Trinajstić information content (AvgIpc) is 3.37. The molecule has 4 rings (SSSR count). The van der Waals surface area contributed by atoms with E-state index in [-0.39, 0.29) is 31.1 Å². The van der Waals surface area contributed by atoms with Crippen molar-refractivity contribution in [2.45, 2.75) is 37.2 Å². The van der Waals surface area contributed by atoms with Crippen LogP contribution in [0, 0.1) is 6.92 Å². The molecule has 35 heavy (non-hydrogen) atoms. The molecule has 2 amide bonds. The van der Waals surface area contributed by atoms with E-state index in [0.29, 0.717) is 12.2 Å². The molecule has 0 unspecified atom stereocenters. The molecule has 1 saturated heterocycles. The Morgan fingerprint density at radius 2 is 1.77 bits per heavy atom. The SMILES string of the molecule is Cc1ccc(CNC(=O)[C@@]2(C)CN(S(=O)(=O)c3ccccc3)CC(=O)N2CCc2ccco2)cc1. The summed E-state index contributed by atoms with van der Waals surface area (Å²) in [7, 11) is -3.97. The van der Waals surface area contributed by atoms with Crippen LogP contribution in [0.15, 0.2) is 82.3 Å². The van der Waals surface area contributed by atoms with Crippen molar-refractivity contribution >= 4 is 21.8 Å². The van der Waals surface area contributed by atoms with Crippen molar-refractivity contribution in [1.29, 1.82) is 0 Å². The number of sulfonamides is 1. The number of nitrogens with one attached hydrogen (secondary N) is 1. The molecule has 2 heterocycles. The maximum atomic E-state index is 13.5. The fraction of sp³-hybridized carbons (Fsp3) is 0.308. The zero-order valence-electron chi connectivity index (χ0n) is 19.8. The van der Waals surface area contributed by atoms with Gasteiger partial charge >= 0.3 is 0 Å². The predicted molar refractivity (Wildman–Crippen MR) is 131 cm³/mol. The first-order chi connectivity index (χ1) is 16.7. The lowest BCUT2D eigenvalue weighted by molar-refractivity contribution is -0.152. The summed E-state index contributed by atoms with van der Waals surface area (Å²) in [5.41, 5.74) is 0.607. The summed E-state index contributed by atoms with van der Waals surface area (Å²) in [5.74, 6) is -0.173. The van der Waals surface area contributed by atoms with E-state index in [2.05, 4.69) is 5.32 Å². The highest BCUT2D eigenvalue weighted by molar-refractivity contribution is 7.89. The predicted octanol–water partition coefficient (Wildman–Crippen LogP) is 2.74. The van der Waals surface area contributed by atoms with Crippen LogP contribution in [0.2, 0.25) is 0 Å². The van der Waals surface area contributed by atoms with Gasteiger partial charge in [0.25, 0.3) is 0 Å². The van der Waals surface area contributed by atoms with E-state index in [0.717, 1.165) is 15.4 Å². The van der Waals surface area contributed by atoms with Gasteiger partial charge in [0.1, 0.15) is 11.3 Å². The van der Waals surface area contributed by atoms with Crippen molar-refractivity contribution in [3.05, 3.63) is 89.9 Å².